The predicted molar refractivity (Wildman–Crippen MR) is 147 cm³/mol. The number of pyridine rings is 1. The Hall–Kier alpha value is -5.02. The highest BCUT2D eigenvalue weighted by Crippen LogP contribution is 2.40. The lowest BCUT2D eigenvalue weighted by Gasteiger charge is -2.38. The van der Waals surface area contributed by atoms with Crippen molar-refractivity contribution in [2.75, 3.05) is 32.8 Å². The van der Waals surface area contributed by atoms with Crippen LogP contribution in [0.4, 0.5) is 10.5 Å². The number of aromatic nitrogens is 1. The summed E-state index contributed by atoms with van der Waals surface area (Å²) in [4.78, 5) is 79.9. The highest BCUT2D eigenvalue weighted by atomic mass is 16.6. The lowest BCUT2D eigenvalue weighted by Crippen LogP contribution is -2.56. The molecule has 2 aliphatic rings. The van der Waals surface area contributed by atoms with Gasteiger partial charge in [-0.1, -0.05) is 0 Å². The Labute approximate surface area is 244 Å². The summed E-state index contributed by atoms with van der Waals surface area (Å²) in [5, 5.41) is 33.0. The molecule has 1 aliphatic heterocycles. The summed E-state index contributed by atoms with van der Waals surface area (Å²) in [5.74, 6) is -3.92. The van der Waals surface area contributed by atoms with Crippen LogP contribution in [-0.2, 0) is 19.1 Å². The standard InChI is InChI=1S/C27H31N5O11/c1-2-42-26(39)31-12-10-30(11-13-31)24(36)19(6-7-22(33)34)29-23(35)20-15-21(43-27(25(37)38)8-3-9-27)17-14-16(32(40)41)4-5-18(17)28-20/h4-5,14-15,19H,2-3,6-13H2,1H3,(H,29,35)(H,33,34)(H,37,38). The molecular weight excluding hydrogens is 570 g/mol. The minimum atomic E-state index is -1.57. The Bertz CT molecular complexity index is 1450. The molecule has 1 aromatic carbocycles. The zero-order valence-electron chi connectivity index (χ0n) is 23.3. The summed E-state index contributed by atoms with van der Waals surface area (Å²) in [6.45, 7) is 2.53. The van der Waals surface area contributed by atoms with E-state index in [1.165, 1.54) is 28.0 Å². The number of carbonyl (C=O) groups excluding carboxylic acids is 3. The topological polar surface area (TPSA) is 219 Å². The van der Waals surface area contributed by atoms with Crippen LogP contribution >= 0.6 is 0 Å². The van der Waals surface area contributed by atoms with Crippen molar-refractivity contribution < 1.29 is 48.6 Å². The fourth-order valence-electron chi connectivity index (χ4n) is 4.87. The molecule has 0 spiro atoms. The number of amides is 3. The monoisotopic (exact) mass is 601 g/mol. The van der Waals surface area contributed by atoms with E-state index in [1.54, 1.807) is 6.92 Å². The van der Waals surface area contributed by atoms with E-state index in [4.69, 9.17) is 9.47 Å². The number of nitrogens with one attached hydrogen (secondary N) is 1. The number of carboxylic acids is 2. The van der Waals surface area contributed by atoms with E-state index in [-0.39, 0.29) is 80.1 Å². The van der Waals surface area contributed by atoms with E-state index in [1.807, 2.05) is 0 Å². The Balaban J connectivity index is 1.60. The van der Waals surface area contributed by atoms with Gasteiger partial charge in [0.2, 0.25) is 11.5 Å². The van der Waals surface area contributed by atoms with E-state index in [2.05, 4.69) is 10.3 Å². The molecular formula is C27H31N5O11. The lowest BCUT2D eigenvalue weighted by atomic mass is 9.80. The van der Waals surface area contributed by atoms with E-state index in [9.17, 15) is 44.3 Å². The number of non-ortho nitro benzene ring substituents is 1. The molecule has 16 nitrogen and oxygen atoms in total. The molecule has 43 heavy (non-hydrogen) atoms. The van der Waals surface area contributed by atoms with Crippen molar-refractivity contribution in [3.63, 3.8) is 0 Å². The molecule has 1 saturated carbocycles. The minimum Gasteiger partial charge on any atom is -0.481 e. The van der Waals surface area contributed by atoms with Gasteiger partial charge in [-0.25, -0.2) is 14.6 Å². The third kappa shape index (κ3) is 6.90. The second-order valence-electron chi connectivity index (χ2n) is 10.2. The maximum atomic E-state index is 13.4. The predicted octanol–water partition coefficient (Wildman–Crippen LogP) is 1.79. The highest BCUT2D eigenvalue weighted by Gasteiger charge is 2.47. The summed E-state index contributed by atoms with van der Waals surface area (Å²) in [7, 11) is 0. The molecule has 4 rings (SSSR count). The fourth-order valence-corrected chi connectivity index (χ4v) is 4.87. The average molecular weight is 602 g/mol. The highest BCUT2D eigenvalue weighted by molar-refractivity contribution is 6.00. The molecule has 2 fully saturated rings. The molecule has 3 amide bonds. The largest absolute Gasteiger partial charge is 0.481 e. The SMILES string of the molecule is CCOC(=O)N1CCN(C(=O)C(CCC(=O)O)NC(=O)c2cc(OC3(C(=O)O)CCC3)c3cc([N+](=O)[O-])ccc3n2)CC1. The quantitative estimate of drug-likeness (QED) is 0.248. The Kier molecular flexibility index (Phi) is 9.26. The van der Waals surface area contributed by atoms with Gasteiger partial charge in [-0.2, -0.15) is 0 Å². The van der Waals surface area contributed by atoms with Gasteiger partial charge in [0.25, 0.3) is 11.6 Å². The van der Waals surface area contributed by atoms with E-state index >= 15 is 0 Å². The third-order valence-electron chi connectivity index (χ3n) is 7.42. The van der Waals surface area contributed by atoms with Gasteiger partial charge in [0, 0.05) is 56.2 Å². The zero-order valence-corrected chi connectivity index (χ0v) is 23.3. The fraction of sp³-hybridized carbons (Fsp3) is 0.481. The van der Waals surface area contributed by atoms with Crippen molar-refractivity contribution in [1.82, 2.24) is 20.1 Å². The maximum Gasteiger partial charge on any atom is 0.409 e. The molecule has 1 aliphatic carbocycles. The number of nitro groups is 1. The van der Waals surface area contributed by atoms with Gasteiger partial charge >= 0.3 is 18.0 Å². The molecule has 2 heterocycles. The van der Waals surface area contributed by atoms with Crippen LogP contribution in [0.1, 0.15) is 49.5 Å². The van der Waals surface area contributed by atoms with Crippen molar-refractivity contribution in [1.29, 1.82) is 0 Å². The summed E-state index contributed by atoms with van der Waals surface area (Å²) in [5.41, 5.74) is -2.02. The van der Waals surface area contributed by atoms with Crippen LogP contribution < -0.4 is 10.1 Å². The van der Waals surface area contributed by atoms with Crippen LogP contribution in [-0.4, -0.2) is 104 Å². The van der Waals surface area contributed by atoms with Crippen molar-refractivity contribution in [3.05, 3.63) is 40.1 Å². The summed E-state index contributed by atoms with van der Waals surface area (Å²) in [6, 6.07) is 3.53. The van der Waals surface area contributed by atoms with Crippen LogP contribution in [0.15, 0.2) is 24.3 Å². The number of hydrogen-bond donors (Lipinski definition) is 3. The first-order chi connectivity index (χ1) is 20.4. The summed E-state index contributed by atoms with van der Waals surface area (Å²) >= 11 is 0. The zero-order chi connectivity index (χ0) is 31.3. The number of carboxylic acid groups (broad SMARTS) is 2. The average Bonchev–Trinajstić information content (AvgIpc) is 2.95. The van der Waals surface area contributed by atoms with E-state index in [0.29, 0.717) is 6.42 Å². The first kappa shape index (κ1) is 30.9. The number of nitro benzene ring substituents is 1. The smallest absolute Gasteiger partial charge is 0.409 e. The van der Waals surface area contributed by atoms with Crippen LogP contribution in [0, 0.1) is 10.1 Å². The van der Waals surface area contributed by atoms with Crippen molar-refractivity contribution in [2.24, 2.45) is 0 Å². The van der Waals surface area contributed by atoms with Crippen LogP contribution in [0.5, 0.6) is 5.75 Å². The van der Waals surface area contributed by atoms with Gasteiger partial charge in [0.1, 0.15) is 17.5 Å². The van der Waals surface area contributed by atoms with Gasteiger partial charge in [-0.05, 0) is 38.7 Å². The van der Waals surface area contributed by atoms with Gasteiger partial charge in [0.15, 0.2) is 0 Å². The molecule has 1 saturated heterocycles. The number of rotatable bonds is 11. The van der Waals surface area contributed by atoms with Crippen LogP contribution in [0.2, 0.25) is 0 Å². The maximum absolute atomic E-state index is 13.4. The molecule has 0 bridgehead atoms. The molecule has 0 radical (unpaired) electrons. The summed E-state index contributed by atoms with van der Waals surface area (Å²) in [6.07, 6.45) is -0.199. The second-order valence-corrected chi connectivity index (χ2v) is 10.2. The van der Waals surface area contributed by atoms with Gasteiger partial charge < -0.3 is 34.8 Å². The second kappa shape index (κ2) is 12.9. The first-order valence-electron chi connectivity index (χ1n) is 13.7. The van der Waals surface area contributed by atoms with Gasteiger partial charge in [-0.3, -0.25) is 24.5 Å². The number of piperazine rings is 1. The number of hydrogen-bond acceptors (Lipinski definition) is 10. The van der Waals surface area contributed by atoms with Crippen LogP contribution in [0.25, 0.3) is 10.9 Å². The molecule has 1 unspecified atom stereocenters. The van der Waals surface area contributed by atoms with Crippen LogP contribution in [0.3, 0.4) is 0 Å². The molecule has 1 atom stereocenters. The van der Waals surface area contributed by atoms with Gasteiger partial charge in [-0.15, -0.1) is 0 Å². The molecule has 16 heteroatoms. The van der Waals surface area contributed by atoms with E-state index in [0.717, 1.165) is 6.07 Å². The molecule has 3 N–H and O–H groups in total. The van der Waals surface area contributed by atoms with E-state index < -0.39 is 52.8 Å². The normalized spacial score (nSPS) is 16.5. The Morgan fingerprint density at radius 3 is 2.33 bits per heavy atom. The minimum absolute atomic E-state index is 0.107. The van der Waals surface area contributed by atoms with Crippen molar-refractivity contribution in [2.45, 2.75) is 50.7 Å². The molecule has 1 aromatic heterocycles. The molecule has 2 aromatic rings. The number of carbonyl (C=O) groups is 5. The van der Waals surface area contributed by atoms with Crippen molar-refractivity contribution >= 4 is 46.4 Å². The number of nitrogens with zero attached hydrogens (tertiary/aromatic N) is 4. The molecule has 230 valence electrons. The lowest BCUT2D eigenvalue weighted by molar-refractivity contribution is -0.384. The number of ether oxygens (including phenoxy) is 2. The number of fused-ring (bicyclic) bond motifs is 1. The third-order valence-corrected chi connectivity index (χ3v) is 7.42. The number of aliphatic carboxylic acids is 2. The number of benzene rings is 1. The van der Waals surface area contributed by atoms with Gasteiger partial charge in [0.05, 0.1) is 17.0 Å². The Morgan fingerprint density at radius 2 is 1.77 bits per heavy atom. The Morgan fingerprint density at radius 1 is 1.09 bits per heavy atom. The summed E-state index contributed by atoms with van der Waals surface area (Å²) < 4.78 is 10.9. The van der Waals surface area contributed by atoms with Crippen molar-refractivity contribution in [3.8, 4) is 5.75 Å². The first-order valence-corrected chi connectivity index (χ1v) is 13.7.